The second-order valence-corrected chi connectivity index (χ2v) is 3.57. The molecule has 0 spiro atoms. The van der Waals surface area contributed by atoms with E-state index in [1.54, 1.807) is 0 Å². The lowest BCUT2D eigenvalue weighted by molar-refractivity contribution is -0.504. The molecule has 0 amide bonds. The van der Waals surface area contributed by atoms with Crippen LogP contribution in [0.15, 0.2) is 12.4 Å². The van der Waals surface area contributed by atoms with Gasteiger partial charge in [-0.3, -0.25) is 9.47 Å². The average molecular weight is 338 g/mol. The Morgan fingerprint density at radius 3 is 1.76 bits per heavy atom. The van der Waals surface area contributed by atoms with E-state index in [0.29, 0.717) is 0 Å². The molecule has 2 atom stereocenters. The summed E-state index contributed by atoms with van der Waals surface area (Å²) in [4.78, 5) is 0. The van der Waals surface area contributed by atoms with Gasteiger partial charge in [0.1, 0.15) is 0 Å². The van der Waals surface area contributed by atoms with Crippen LogP contribution in [-0.4, -0.2) is 30.6 Å². The van der Waals surface area contributed by atoms with Crippen LogP contribution in [0, 0.1) is 0 Å². The van der Waals surface area contributed by atoms with Crippen LogP contribution in [0.1, 0.15) is 13.3 Å². The highest BCUT2D eigenvalue weighted by Crippen LogP contribution is 2.50. The van der Waals surface area contributed by atoms with E-state index in [0.717, 1.165) is 6.92 Å². The van der Waals surface area contributed by atoms with Crippen molar-refractivity contribution >= 4 is 0 Å². The van der Waals surface area contributed by atoms with E-state index in [4.69, 9.17) is 0 Å². The SMILES string of the molecule is C=C(F)C(F)(F)OC(F)(C(F)(F)F)C(F)(F)OC(F)CC. The van der Waals surface area contributed by atoms with E-state index in [9.17, 15) is 43.9 Å². The zero-order valence-electron chi connectivity index (χ0n) is 10.1. The Hall–Kier alpha value is -1.04. The molecule has 0 aliphatic heterocycles. The maximum atomic E-state index is 13.4. The van der Waals surface area contributed by atoms with Crippen molar-refractivity contribution in [3.05, 3.63) is 12.4 Å². The van der Waals surface area contributed by atoms with Crippen LogP contribution in [0.5, 0.6) is 0 Å². The summed E-state index contributed by atoms with van der Waals surface area (Å²) in [6.45, 7) is 2.64. The third-order valence-corrected chi connectivity index (χ3v) is 1.92. The van der Waals surface area contributed by atoms with E-state index in [1.807, 2.05) is 6.58 Å². The van der Waals surface area contributed by atoms with Gasteiger partial charge in [0.25, 0.3) is 0 Å². The molecule has 0 aliphatic rings. The predicted molar refractivity (Wildman–Crippen MR) is 47.4 cm³/mol. The highest BCUT2D eigenvalue weighted by Gasteiger charge is 2.78. The van der Waals surface area contributed by atoms with Gasteiger partial charge in [-0.25, -0.2) is 8.78 Å². The van der Waals surface area contributed by atoms with Gasteiger partial charge in [-0.1, -0.05) is 13.5 Å². The third kappa shape index (κ3) is 4.22. The molecule has 2 nitrogen and oxygen atoms in total. The summed E-state index contributed by atoms with van der Waals surface area (Å²) in [5, 5.41) is 0. The van der Waals surface area contributed by atoms with Crippen molar-refractivity contribution in [2.24, 2.45) is 0 Å². The summed E-state index contributed by atoms with van der Waals surface area (Å²) >= 11 is 0. The van der Waals surface area contributed by atoms with E-state index in [-0.39, 0.29) is 0 Å². The fraction of sp³-hybridized carbons (Fsp3) is 0.778. The van der Waals surface area contributed by atoms with Crippen LogP contribution in [0.2, 0.25) is 0 Å². The van der Waals surface area contributed by atoms with Crippen molar-refractivity contribution in [2.75, 3.05) is 0 Å². The Morgan fingerprint density at radius 2 is 1.48 bits per heavy atom. The molecule has 126 valence electrons. The summed E-state index contributed by atoms with van der Waals surface area (Å²) in [7, 11) is 0. The minimum absolute atomic E-state index is 0.827. The molecule has 0 heterocycles. The van der Waals surface area contributed by atoms with Crippen LogP contribution in [0.4, 0.5) is 43.9 Å². The minimum atomic E-state index is -6.80. The normalized spacial score (nSPS) is 18.2. The first kappa shape index (κ1) is 20.0. The molecule has 0 radical (unpaired) electrons. The van der Waals surface area contributed by atoms with Crippen molar-refractivity contribution in [1.82, 2.24) is 0 Å². The van der Waals surface area contributed by atoms with Gasteiger partial charge in [0, 0.05) is 6.42 Å². The maximum absolute atomic E-state index is 13.4. The Balaban J connectivity index is 5.72. The van der Waals surface area contributed by atoms with Crippen LogP contribution in [0.25, 0.3) is 0 Å². The van der Waals surface area contributed by atoms with Gasteiger partial charge in [-0.05, 0) is 0 Å². The first-order valence-corrected chi connectivity index (χ1v) is 4.99. The van der Waals surface area contributed by atoms with E-state index in [1.165, 1.54) is 0 Å². The molecule has 0 aliphatic carbocycles. The van der Waals surface area contributed by atoms with Crippen molar-refractivity contribution in [2.45, 2.75) is 44.0 Å². The standard InChI is InChI=1S/C9H8F10O2/c1-3-5(11)20-9(18,19)7(14,8(15,16)17)21-6(12,13)4(2)10/h5H,2-3H2,1H3. The van der Waals surface area contributed by atoms with Crippen LogP contribution in [-0.2, 0) is 9.47 Å². The van der Waals surface area contributed by atoms with Gasteiger partial charge in [-0.15, -0.1) is 0 Å². The Kier molecular flexibility index (Phi) is 5.69. The molecular formula is C9H8F10O2. The molecule has 0 saturated carbocycles. The summed E-state index contributed by atoms with van der Waals surface area (Å²) in [5.74, 6) is -9.49. The predicted octanol–water partition coefficient (Wildman–Crippen LogP) is 4.62. The zero-order valence-corrected chi connectivity index (χ0v) is 10.1. The lowest BCUT2D eigenvalue weighted by atomic mass is 10.2. The number of halogens is 10. The molecule has 0 fully saturated rings. The van der Waals surface area contributed by atoms with Gasteiger partial charge in [-0.2, -0.15) is 35.1 Å². The lowest BCUT2D eigenvalue weighted by Crippen LogP contribution is -2.61. The molecule has 12 heteroatoms. The molecule has 0 saturated heterocycles. The first-order valence-electron chi connectivity index (χ1n) is 4.99. The van der Waals surface area contributed by atoms with Crippen molar-refractivity contribution < 1.29 is 53.4 Å². The Bertz CT molecular complexity index is 379. The van der Waals surface area contributed by atoms with Gasteiger partial charge in [0.05, 0.1) is 0 Å². The number of hydrogen-bond donors (Lipinski definition) is 0. The average Bonchev–Trinajstić information content (AvgIpc) is 2.25. The molecule has 0 bridgehead atoms. The van der Waals surface area contributed by atoms with E-state index < -0.39 is 42.9 Å². The highest BCUT2D eigenvalue weighted by molar-refractivity contribution is 4.96. The van der Waals surface area contributed by atoms with Gasteiger partial charge >= 0.3 is 24.2 Å². The van der Waals surface area contributed by atoms with Crippen molar-refractivity contribution in [3.8, 4) is 0 Å². The Labute approximate surface area is 111 Å². The topological polar surface area (TPSA) is 18.5 Å². The highest BCUT2D eigenvalue weighted by atomic mass is 19.4. The number of alkyl halides is 9. The molecule has 2 unspecified atom stereocenters. The van der Waals surface area contributed by atoms with Gasteiger partial charge in [0.2, 0.25) is 6.36 Å². The second kappa shape index (κ2) is 5.99. The molecule has 21 heavy (non-hydrogen) atoms. The zero-order chi connectivity index (χ0) is 17.3. The van der Waals surface area contributed by atoms with Crippen molar-refractivity contribution in [3.63, 3.8) is 0 Å². The molecule has 0 aromatic heterocycles. The number of hydrogen-bond acceptors (Lipinski definition) is 2. The number of rotatable bonds is 7. The minimum Gasteiger partial charge on any atom is -0.281 e. The van der Waals surface area contributed by atoms with E-state index >= 15 is 0 Å². The number of ether oxygens (including phenoxy) is 2. The molecule has 0 N–H and O–H groups in total. The molecular weight excluding hydrogens is 330 g/mol. The molecule has 0 aromatic carbocycles. The fourth-order valence-electron chi connectivity index (χ4n) is 0.834. The summed E-state index contributed by atoms with van der Waals surface area (Å²) in [6.07, 6.45) is -22.9. The quantitative estimate of drug-likeness (QED) is 0.631. The third-order valence-electron chi connectivity index (χ3n) is 1.92. The van der Waals surface area contributed by atoms with Crippen molar-refractivity contribution in [1.29, 1.82) is 0 Å². The first-order chi connectivity index (χ1) is 9.10. The Morgan fingerprint density at radius 1 is 1.05 bits per heavy atom. The largest absolute Gasteiger partial charge is 0.458 e. The van der Waals surface area contributed by atoms with Gasteiger partial charge in [0.15, 0.2) is 5.83 Å². The van der Waals surface area contributed by atoms with Crippen LogP contribution < -0.4 is 0 Å². The van der Waals surface area contributed by atoms with Crippen LogP contribution >= 0.6 is 0 Å². The smallest absolute Gasteiger partial charge is 0.281 e. The summed E-state index contributed by atoms with van der Waals surface area (Å²) < 4.78 is 131. The van der Waals surface area contributed by atoms with Crippen LogP contribution in [0.3, 0.4) is 0 Å². The molecule has 0 rings (SSSR count). The van der Waals surface area contributed by atoms with E-state index in [2.05, 4.69) is 9.47 Å². The summed E-state index contributed by atoms with van der Waals surface area (Å²) in [5.41, 5.74) is 0. The lowest BCUT2D eigenvalue weighted by Gasteiger charge is -2.35. The maximum Gasteiger partial charge on any atom is 0.458 e. The second-order valence-electron chi connectivity index (χ2n) is 3.57. The monoisotopic (exact) mass is 338 g/mol. The summed E-state index contributed by atoms with van der Waals surface area (Å²) in [6, 6.07) is 0. The molecule has 0 aromatic rings. The van der Waals surface area contributed by atoms with Gasteiger partial charge < -0.3 is 0 Å². The fourth-order valence-corrected chi connectivity index (χ4v) is 0.834.